The van der Waals surface area contributed by atoms with Crippen molar-refractivity contribution in [3.63, 3.8) is 0 Å². The first-order valence-corrected chi connectivity index (χ1v) is 8.76. The van der Waals surface area contributed by atoms with Gasteiger partial charge in [0.2, 0.25) is 5.91 Å². The summed E-state index contributed by atoms with van der Waals surface area (Å²) in [6.45, 7) is 4.24. The third-order valence-electron chi connectivity index (χ3n) is 4.25. The highest BCUT2D eigenvalue weighted by Gasteiger charge is 2.21. The quantitative estimate of drug-likeness (QED) is 0.807. The molecule has 1 N–H and O–H groups in total. The van der Waals surface area contributed by atoms with Gasteiger partial charge in [-0.25, -0.2) is 0 Å². The second-order valence-electron chi connectivity index (χ2n) is 6.13. The lowest BCUT2D eigenvalue weighted by Crippen LogP contribution is -2.49. The molecule has 1 aliphatic rings. The Bertz CT molecular complexity index is 658. The van der Waals surface area contributed by atoms with Crippen molar-refractivity contribution in [1.82, 2.24) is 9.80 Å². The number of halogens is 1. The Labute approximate surface area is 153 Å². The van der Waals surface area contributed by atoms with Crippen LogP contribution in [0, 0.1) is 28.6 Å². The number of hydrogen-bond acceptors (Lipinski definition) is 5. The minimum Gasteiger partial charge on any atom is -0.324 e. The van der Waals surface area contributed by atoms with E-state index in [0.717, 1.165) is 26.2 Å². The zero-order valence-electron chi connectivity index (χ0n) is 14.1. The molecular weight excluding hydrogens is 338 g/mol. The predicted octanol–water partition coefficient (Wildman–Crippen LogP) is 2.34. The lowest BCUT2D eigenvalue weighted by Gasteiger charge is -2.35. The summed E-state index contributed by atoms with van der Waals surface area (Å²) in [6.07, 6.45) is 1.04. The van der Waals surface area contributed by atoms with Gasteiger partial charge in [0.1, 0.15) is 0 Å². The second-order valence-corrected chi connectivity index (χ2v) is 6.53. The maximum atomic E-state index is 12.2. The molecule has 1 aliphatic heterocycles. The fourth-order valence-corrected chi connectivity index (χ4v) is 3.02. The number of rotatable bonds is 7. The Morgan fingerprint density at radius 1 is 1.20 bits per heavy atom. The molecule has 0 bridgehead atoms. The highest BCUT2D eigenvalue weighted by molar-refractivity contribution is 6.33. The molecule has 0 aromatic heterocycles. The van der Waals surface area contributed by atoms with Gasteiger partial charge in [-0.05, 0) is 18.6 Å². The van der Waals surface area contributed by atoms with Gasteiger partial charge in [-0.2, -0.15) is 10.5 Å². The molecule has 0 unspecified atom stereocenters. The van der Waals surface area contributed by atoms with Crippen LogP contribution >= 0.6 is 11.6 Å². The Morgan fingerprint density at radius 2 is 1.88 bits per heavy atom. The molecule has 2 rings (SSSR count). The molecule has 132 valence electrons. The number of nitrogens with one attached hydrogen (secondary N) is 1. The third-order valence-corrected chi connectivity index (χ3v) is 4.58. The van der Waals surface area contributed by atoms with Crippen LogP contribution in [0.3, 0.4) is 0 Å². The van der Waals surface area contributed by atoms with E-state index in [0.29, 0.717) is 36.6 Å². The van der Waals surface area contributed by atoms with E-state index in [1.165, 1.54) is 0 Å². The Balaban J connectivity index is 1.73. The first-order chi connectivity index (χ1) is 12.1. The molecule has 1 atom stereocenters. The van der Waals surface area contributed by atoms with Crippen LogP contribution in [-0.4, -0.2) is 55.0 Å². The molecule has 0 aliphatic carbocycles. The maximum Gasteiger partial charge on any atom is 0.238 e. The summed E-state index contributed by atoms with van der Waals surface area (Å²) < 4.78 is 0. The summed E-state index contributed by atoms with van der Waals surface area (Å²) in [6, 6.07) is 11.5. The van der Waals surface area contributed by atoms with Gasteiger partial charge in [0.15, 0.2) is 0 Å². The summed E-state index contributed by atoms with van der Waals surface area (Å²) in [4.78, 5) is 16.5. The molecule has 1 heterocycles. The van der Waals surface area contributed by atoms with Gasteiger partial charge in [0.05, 0.1) is 35.3 Å². The van der Waals surface area contributed by atoms with Gasteiger partial charge in [0.25, 0.3) is 0 Å². The number of nitriles is 2. The Kier molecular flexibility index (Phi) is 7.69. The number of benzene rings is 1. The monoisotopic (exact) mass is 359 g/mol. The molecule has 25 heavy (non-hydrogen) atoms. The first kappa shape index (κ1) is 19.2. The van der Waals surface area contributed by atoms with Gasteiger partial charge < -0.3 is 5.32 Å². The topological polar surface area (TPSA) is 83.2 Å². The largest absolute Gasteiger partial charge is 0.324 e. The third kappa shape index (κ3) is 6.36. The summed E-state index contributed by atoms with van der Waals surface area (Å²) in [5.41, 5.74) is 0.627. The molecule has 7 heteroatoms. The van der Waals surface area contributed by atoms with Crippen LogP contribution in [0.15, 0.2) is 24.3 Å². The average molecular weight is 360 g/mol. The Morgan fingerprint density at radius 3 is 2.52 bits per heavy atom. The first-order valence-electron chi connectivity index (χ1n) is 8.38. The number of piperazine rings is 1. The molecule has 1 saturated heterocycles. The van der Waals surface area contributed by atoms with E-state index in [2.05, 4.69) is 27.3 Å². The lowest BCUT2D eigenvalue weighted by atomic mass is 10.0. The van der Waals surface area contributed by atoms with E-state index in [9.17, 15) is 4.79 Å². The van der Waals surface area contributed by atoms with Crippen LogP contribution in [0.5, 0.6) is 0 Å². The van der Waals surface area contributed by atoms with Gasteiger partial charge in [0, 0.05) is 39.1 Å². The van der Waals surface area contributed by atoms with Crippen molar-refractivity contribution in [3.8, 4) is 12.1 Å². The second kappa shape index (κ2) is 10.0. The van der Waals surface area contributed by atoms with E-state index in [4.69, 9.17) is 22.1 Å². The number of carbonyl (C=O) groups excluding carboxylic acids is 1. The van der Waals surface area contributed by atoms with E-state index in [1.807, 2.05) is 12.1 Å². The molecule has 0 radical (unpaired) electrons. The van der Waals surface area contributed by atoms with E-state index in [-0.39, 0.29) is 11.8 Å². The summed E-state index contributed by atoms with van der Waals surface area (Å²) in [5.74, 6) is -0.180. The number of hydrogen-bond donors (Lipinski definition) is 1. The van der Waals surface area contributed by atoms with Gasteiger partial charge in [-0.1, -0.05) is 23.7 Å². The van der Waals surface area contributed by atoms with Crippen molar-refractivity contribution in [2.45, 2.75) is 12.8 Å². The van der Waals surface area contributed by atoms with Crippen LogP contribution < -0.4 is 5.32 Å². The smallest absolute Gasteiger partial charge is 0.238 e. The van der Waals surface area contributed by atoms with Crippen LogP contribution in [-0.2, 0) is 4.79 Å². The highest BCUT2D eigenvalue weighted by atomic mass is 35.5. The van der Waals surface area contributed by atoms with Crippen LogP contribution in [0.4, 0.5) is 5.69 Å². The zero-order valence-corrected chi connectivity index (χ0v) is 14.9. The van der Waals surface area contributed by atoms with Crippen molar-refractivity contribution < 1.29 is 4.79 Å². The average Bonchev–Trinajstić information content (AvgIpc) is 2.62. The highest BCUT2D eigenvalue weighted by Crippen LogP contribution is 2.20. The van der Waals surface area contributed by atoms with Crippen molar-refractivity contribution >= 4 is 23.2 Å². The Hall–Kier alpha value is -2.12. The summed E-state index contributed by atoms with van der Waals surface area (Å²) in [7, 11) is 0. The number of carbonyl (C=O) groups is 1. The van der Waals surface area contributed by atoms with Gasteiger partial charge in [-0.3, -0.25) is 14.6 Å². The van der Waals surface area contributed by atoms with Crippen LogP contribution in [0.2, 0.25) is 5.02 Å². The molecule has 0 saturated carbocycles. The normalized spacial score (nSPS) is 16.6. The minimum atomic E-state index is -0.102. The summed E-state index contributed by atoms with van der Waals surface area (Å²) >= 11 is 6.05. The van der Waals surface area contributed by atoms with Crippen molar-refractivity contribution in [3.05, 3.63) is 29.3 Å². The van der Waals surface area contributed by atoms with E-state index < -0.39 is 0 Å². The van der Waals surface area contributed by atoms with E-state index >= 15 is 0 Å². The standard InChI is InChI=1S/C18H22ClN5O/c19-16-5-1-2-6-17(16)22-18(25)14-24-10-8-23(9-11-24)13-15(12-21)4-3-7-20/h1-2,5-6,15H,3-4,8-11,13-14H2,(H,22,25)/t15-/m1/s1. The minimum absolute atomic E-state index is 0.0783. The SMILES string of the molecule is N#CCC[C@H](C#N)CN1CCN(CC(=O)Nc2ccccc2Cl)CC1. The molecule has 1 fully saturated rings. The van der Waals surface area contributed by atoms with Crippen LogP contribution in [0.25, 0.3) is 0 Å². The van der Waals surface area contributed by atoms with Crippen molar-refractivity contribution in [2.75, 3.05) is 44.6 Å². The van der Waals surface area contributed by atoms with Crippen LogP contribution in [0.1, 0.15) is 12.8 Å². The lowest BCUT2D eigenvalue weighted by molar-refractivity contribution is -0.117. The van der Waals surface area contributed by atoms with Gasteiger partial charge >= 0.3 is 0 Å². The zero-order chi connectivity index (χ0) is 18.1. The molecule has 6 nitrogen and oxygen atoms in total. The number of amides is 1. The van der Waals surface area contributed by atoms with Crippen molar-refractivity contribution in [2.24, 2.45) is 5.92 Å². The number of anilines is 1. The van der Waals surface area contributed by atoms with E-state index in [1.54, 1.807) is 12.1 Å². The molecular formula is C18H22ClN5O. The number of para-hydroxylation sites is 1. The molecule has 0 spiro atoms. The molecule has 1 aromatic rings. The number of nitrogens with zero attached hydrogens (tertiary/aromatic N) is 4. The van der Waals surface area contributed by atoms with Gasteiger partial charge in [-0.15, -0.1) is 0 Å². The predicted molar refractivity (Wildman–Crippen MR) is 96.9 cm³/mol. The van der Waals surface area contributed by atoms with Crippen molar-refractivity contribution in [1.29, 1.82) is 10.5 Å². The summed E-state index contributed by atoms with van der Waals surface area (Å²) in [5, 5.41) is 21.2. The maximum absolute atomic E-state index is 12.2. The fraction of sp³-hybridized carbons (Fsp3) is 0.500. The molecule has 1 amide bonds. The fourth-order valence-electron chi connectivity index (χ4n) is 2.83. The molecule has 1 aromatic carbocycles.